The Balaban J connectivity index is 4.89. The van der Waals surface area contributed by atoms with E-state index >= 15 is 0 Å². The van der Waals surface area contributed by atoms with Gasteiger partial charge < -0.3 is 4.74 Å². The molecule has 0 aliphatic heterocycles. The van der Waals surface area contributed by atoms with Crippen LogP contribution in [0.15, 0.2) is 11.6 Å². The van der Waals surface area contributed by atoms with Crippen LogP contribution < -0.4 is 0 Å². The lowest BCUT2D eigenvalue weighted by Gasteiger charge is -2.17. The molecule has 0 saturated heterocycles. The van der Waals surface area contributed by atoms with Crippen LogP contribution in [0.3, 0.4) is 0 Å². The van der Waals surface area contributed by atoms with Crippen LogP contribution in [-0.2, 0) is 9.53 Å². The molecule has 0 aromatic carbocycles. The van der Waals surface area contributed by atoms with Gasteiger partial charge in [-0.3, -0.25) is 0 Å². The molecular formula is C8H8Cl3F3O2. The quantitative estimate of drug-likeness (QED) is 0.450. The zero-order valence-electron chi connectivity index (χ0n) is 8.08. The minimum absolute atomic E-state index is 0.0223. The number of hydrogen-bond donors (Lipinski definition) is 0. The van der Waals surface area contributed by atoms with Crippen molar-refractivity contribution in [2.24, 2.45) is 0 Å². The maximum absolute atomic E-state index is 12.1. The molecule has 0 bridgehead atoms. The second-order valence-electron chi connectivity index (χ2n) is 2.71. The predicted molar refractivity (Wildman–Crippen MR) is 55.7 cm³/mol. The third-order valence-electron chi connectivity index (χ3n) is 1.33. The van der Waals surface area contributed by atoms with Crippen molar-refractivity contribution in [2.45, 2.75) is 23.3 Å². The normalized spacial score (nSPS) is 13.8. The first-order valence-electron chi connectivity index (χ1n) is 4.07. The van der Waals surface area contributed by atoms with E-state index in [1.807, 2.05) is 0 Å². The van der Waals surface area contributed by atoms with Crippen LogP contribution in [0.1, 0.15) is 13.3 Å². The molecule has 0 rings (SSSR count). The molecule has 0 spiro atoms. The molecule has 0 amide bonds. The lowest BCUT2D eigenvalue weighted by molar-refractivity contribution is -0.137. The summed E-state index contributed by atoms with van der Waals surface area (Å²) in [5, 5.41) is 0. The highest BCUT2D eigenvalue weighted by atomic mass is 35.6. The molecule has 0 fully saturated rings. The van der Waals surface area contributed by atoms with Crippen molar-refractivity contribution in [1.29, 1.82) is 0 Å². The summed E-state index contributed by atoms with van der Waals surface area (Å²) in [6.45, 7) is 1.53. The van der Waals surface area contributed by atoms with Crippen LogP contribution in [0.4, 0.5) is 13.2 Å². The van der Waals surface area contributed by atoms with E-state index < -0.39 is 27.9 Å². The van der Waals surface area contributed by atoms with Crippen LogP contribution >= 0.6 is 34.8 Å². The van der Waals surface area contributed by atoms with E-state index in [9.17, 15) is 18.0 Å². The summed E-state index contributed by atoms with van der Waals surface area (Å²) in [5.74, 6) is -0.979. The summed E-state index contributed by atoms with van der Waals surface area (Å²) < 4.78 is 38.4. The minimum Gasteiger partial charge on any atom is -0.463 e. The Morgan fingerprint density at radius 3 is 2.12 bits per heavy atom. The Bertz CT molecular complexity index is 281. The average Bonchev–Trinajstić information content (AvgIpc) is 1.98. The maximum Gasteiger partial charge on any atom is 0.392 e. The summed E-state index contributed by atoms with van der Waals surface area (Å²) >= 11 is 15.9. The number of hydrogen-bond acceptors (Lipinski definition) is 2. The summed E-state index contributed by atoms with van der Waals surface area (Å²) in [5.41, 5.74) is -0.677. The molecule has 16 heavy (non-hydrogen) atoms. The topological polar surface area (TPSA) is 26.3 Å². The number of carbonyl (C=O) groups is 1. The van der Waals surface area contributed by atoms with Crippen LogP contribution in [0.2, 0.25) is 0 Å². The fraction of sp³-hybridized carbons (Fsp3) is 0.625. The van der Waals surface area contributed by atoms with Crippen LogP contribution in [0.25, 0.3) is 0 Å². The first-order valence-corrected chi connectivity index (χ1v) is 5.21. The number of carbonyl (C=O) groups excluding carboxylic acids is 1. The summed E-state index contributed by atoms with van der Waals surface area (Å²) in [4.78, 5) is 10.9. The van der Waals surface area contributed by atoms with Gasteiger partial charge in [-0.25, -0.2) is 4.79 Å². The van der Waals surface area contributed by atoms with Crippen LogP contribution in [0.5, 0.6) is 0 Å². The van der Waals surface area contributed by atoms with Crippen LogP contribution in [0, 0.1) is 0 Å². The monoisotopic (exact) mass is 298 g/mol. The second-order valence-corrected chi connectivity index (χ2v) is 4.99. The smallest absolute Gasteiger partial charge is 0.392 e. The van der Waals surface area contributed by atoms with Crippen molar-refractivity contribution in [2.75, 3.05) is 6.61 Å². The van der Waals surface area contributed by atoms with E-state index in [2.05, 4.69) is 4.74 Å². The van der Waals surface area contributed by atoms with Gasteiger partial charge in [-0.1, -0.05) is 34.8 Å². The van der Waals surface area contributed by atoms with Gasteiger partial charge in [0.05, 0.1) is 13.0 Å². The van der Waals surface area contributed by atoms with E-state index in [0.717, 1.165) is 0 Å². The van der Waals surface area contributed by atoms with Crippen molar-refractivity contribution >= 4 is 40.8 Å². The maximum atomic E-state index is 12.1. The van der Waals surface area contributed by atoms with Gasteiger partial charge in [-0.15, -0.1) is 0 Å². The highest BCUT2D eigenvalue weighted by molar-refractivity contribution is 6.69. The Morgan fingerprint density at radius 1 is 1.31 bits per heavy atom. The third kappa shape index (κ3) is 7.19. The van der Waals surface area contributed by atoms with Gasteiger partial charge in [0.15, 0.2) is 0 Å². The zero-order chi connectivity index (χ0) is 13.0. The van der Waals surface area contributed by atoms with Gasteiger partial charge in [-0.2, -0.15) is 13.2 Å². The molecule has 0 aliphatic rings. The number of allylic oxidation sites excluding steroid dienone is 1. The molecule has 0 saturated carbocycles. The molecule has 0 aromatic heterocycles. The lowest BCUT2D eigenvalue weighted by Crippen LogP contribution is -2.18. The molecule has 0 N–H and O–H groups in total. The van der Waals surface area contributed by atoms with Crippen molar-refractivity contribution in [3.63, 3.8) is 0 Å². The third-order valence-corrected chi connectivity index (χ3v) is 2.06. The SMILES string of the molecule is CCOC(=O)C=C(CC(F)(F)F)C(Cl)(Cl)Cl. The molecule has 0 radical (unpaired) electrons. The van der Waals surface area contributed by atoms with Gasteiger partial charge >= 0.3 is 12.1 Å². The fourth-order valence-electron chi connectivity index (χ4n) is 0.775. The van der Waals surface area contributed by atoms with Crippen LogP contribution in [-0.4, -0.2) is 22.5 Å². The molecule has 2 nitrogen and oxygen atoms in total. The van der Waals surface area contributed by atoms with E-state index in [-0.39, 0.29) is 6.61 Å². The van der Waals surface area contributed by atoms with E-state index in [0.29, 0.717) is 6.08 Å². The van der Waals surface area contributed by atoms with Gasteiger partial charge in [0.1, 0.15) is 0 Å². The number of halogens is 6. The fourth-order valence-corrected chi connectivity index (χ4v) is 1.14. The summed E-state index contributed by atoms with van der Waals surface area (Å²) in [7, 11) is 0. The van der Waals surface area contributed by atoms with Gasteiger partial charge in [0.2, 0.25) is 3.79 Å². The average molecular weight is 300 g/mol. The summed E-state index contributed by atoms with van der Waals surface area (Å²) in [6.07, 6.45) is -5.51. The molecule has 0 aromatic rings. The first-order chi connectivity index (χ1) is 7.06. The van der Waals surface area contributed by atoms with E-state index in [4.69, 9.17) is 34.8 Å². The first kappa shape index (κ1) is 15.9. The highest BCUT2D eigenvalue weighted by Gasteiger charge is 2.37. The molecule has 94 valence electrons. The summed E-state index contributed by atoms with van der Waals surface area (Å²) in [6, 6.07) is 0. The van der Waals surface area contributed by atoms with E-state index in [1.54, 1.807) is 0 Å². The number of alkyl halides is 6. The van der Waals surface area contributed by atoms with Gasteiger partial charge in [-0.05, 0) is 12.5 Å². The van der Waals surface area contributed by atoms with Gasteiger partial charge in [0, 0.05) is 6.08 Å². The van der Waals surface area contributed by atoms with Crippen molar-refractivity contribution < 1.29 is 22.7 Å². The minimum atomic E-state index is -4.57. The molecule has 8 heteroatoms. The number of esters is 1. The molecule has 0 heterocycles. The molecular weight excluding hydrogens is 291 g/mol. The Labute approximate surface area is 105 Å². The largest absolute Gasteiger partial charge is 0.463 e. The Kier molecular flexibility index (Phi) is 5.93. The number of ether oxygens (including phenoxy) is 1. The Morgan fingerprint density at radius 2 is 1.81 bits per heavy atom. The number of rotatable bonds is 3. The van der Waals surface area contributed by atoms with Gasteiger partial charge in [0.25, 0.3) is 0 Å². The van der Waals surface area contributed by atoms with Crippen molar-refractivity contribution in [3.05, 3.63) is 11.6 Å². The lowest BCUT2D eigenvalue weighted by atomic mass is 10.2. The second kappa shape index (κ2) is 5.98. The molecule has 0 unspecified atom stereocenters. The van der Waals surface area contributed by atoms with Crippen molar-refractivity contribution in [3.8, 4) is 0 Å². The zero-order valence-corrected chi connectivity index (χ0v) is 10.3. The van der Waals surface area contributed by atoms with Crippen molar-refractivity contribution in [1.82, 2.24) is 0 Å². The van der Waals surface area contributed by atoms with E-state index in [1.165, 1.54) is 6.92 Å². The molecule has 0 atom stereocenters. The standard InChI is InChI=1S/C8H8Cl3F3O2/c1-2-16-6(15)3-5(8(9,10)11)4-7(12,13)14/h3H,2,4H2,1H3. The Hall–Kier alpha value is -0.130. The predicted octanol–water partition coefficient (Wildman–Crippen LogP) is 3.80. The highest BCUT2D eigenvalue weighted by Crippen LogP contribution is 2.40. The molecule has 0 aliphatic carbocycles.